The Kier molecular flexibility index (Phi) is 9.42. The van der Waals surface area contributed by atoms with E-state index in [1.54, 1.807) is 0 Å². The van der Waals surface area contributed by atoms with Gasteiger partial charge >= 0.3 is 5.69 Å². The Hall–Kier alpha value is -1.11. The van der Waals surface area contributed by atoms with E-state index in [4.69, 9.17) is 5.73 Å². The van der Waals surface area contributed by atoms with Crippen molar-refractivity contribution >= 4 is 30.7 Å². The summed E-state index contributed by atoms with van der Waals surface area (Å²) < 4.78 is 0. The lowest BCUT2D eigenvalue weighted by molar-refractivity contribution is -0.131. The summed E-state index contributed by atoms with van der Waals surface area (Å²) in [5, 5.41) is 0. The lowest BCUT2D eigenvalue weighted by Gasteiger charge is -2.23. The fourth-order valence-corrected chi connectivity index (χ4v) is 2.91. The molecule has 1 aromatic rings. The average molecular weight is 365 g/mol. The Morgan fingerprint density at radius 2 is 2.04 bits per heavy atom. The zero-order valence-electron chi connectivity index (χ0n) is 13.6. The molecule has 0 spiro atoms. The molecule has 0 saturated carbocycles. The Labute approximate surface area is 149 Å². The molecule has 1 saturated heterocycles. The normalized spacial score (nSPS) is 17.7. The summed E-state index contributed by atoms with van der Waals surface area (Å²) >= 11 is 0. The quantitative estimate of drug-likeness (QED) is 0.849. The van der Waals surface area contributed by atoms with Crippen molar-refractivity contribution in [3.63, 3.8) is 0 Å². The van der Waals surface area contributed by atoms with Gasteiger partial charge in [0.1, 0.15) is 0 Å². The van der Waals surface area contributed by atoms with Crippen molar-refractivity contribution in [1.29, 1.82) is 0 Å². The number of aromatic nitrogens is 2. The molecule has 132 valence electrons. The van der Waals surface area contributed by atoms with Crippen molar-refractivity contribution in [3.05, 3.63) is 27.4 Å². The number of carbonyl (C=O) groups excluding carboxylic acids is 1. The molecule has 6 nitrogen and oxygen atoms in total. The number of halogens is 2. The van der Waals surface area contributed by atoms with Gasteiger partial charge in [0.2, 0.25) is 5.91 Å². The smallest absolute Gasteiger partial charge is 0.341 e. The predicted octanol–water partition coefficient (Wildman–Crippen LogP) is 1.50. The fraction of sp³-hybridized carbons (Fsp3) is 0.667. The van der Waals surface area contributed by atoms with Crippen LogP contribution in [0.3, 0.4) is 0 Å². The van der Waals surface area contributed by atoms with Gasteiger partial charge in [-0.05, 0) is 38.7 Å². The van der Waals surface area contributed by atoms with Crippen molar-refractivity contribution < 1.29 is 4.79 Å². The van der Waals surface area contributed by atoms with E-state index in [1.165, 1.54) is 0 Å². The lowest BCUT2D eigenvalue weighted by Crippen LogP contribution is -2.39. The summed E-state index contributed by atoms with van der Waals surface area (Å²) in [5.41, 5.74) is 8.12. The minimum Gasteiger partial charge on any atom is -0.341 e. The van der Waals surface area contributed by atoms with Crippen LogP contribution in [0.1, 0.15) is 42.6 Å². The Morgan fingerprint density at radius 3 is 2.70 bits per heavy atom. The van der Waals surface area contributed by atoms with Crippen LogP contribution in [0.5, 0.6) is 0 Å². The van der Waals surface area contributed by atoms with Gasteiger partial charge in [0.05, 0.1) is 0 Å². The molecule has 1 aliphatic rings. The van der Waals surface area contributed by atoms with Crippen molar-refractivity contribution in [2.24, 2.45) is 5.73 Å². The summed E-state index contributed by atoms with van der Waals surface area (Å²) in [7, 11) is 0. The Balaban J connectivity index is 0.00000242. The third-order valence-electron chi connectivity index (χ3n) is 4.10. The maximum Gasteiger partial charge on any atom is 0.345 e. The van der Waals surface area contributed by atoms with E-state index in [-0.39, 0.29) is 42.5 Å². The Morgan fingerprint density at radius 1 is 1.35 bits per heavy atom. The number of rotatable bonds is 3. The SMILES string of the molecule is Cc1nc(=O)[nH]c(C)c1CCC(=O)N1CCCCC(N)C1.Cl.Cl. The largest absolute Gasteiger partial charge is 0.345 e. The van der Waals surface area contributed by atoms with Crippen molar-refractivity contribution in [1.82, 2.24) is 14.9 Å². The highest BCUT2D eigenvalue weighted by molar-refractivity contribution is 5.85. The van der Waals surface area contributed by atoms with Crippen LogP contribution in [0.2, 0.25) is 0 Å². The van der Waals surface area contributed by atoms with Crippen LogP contribution >= 0.6 is 24.8 Å². The van der Waals surface area contributed by atoms with Gasteiger partial charge in [-0.2, -0.15) is 4.98 Å². The maximum absolute atomic E-state index is 12.3. The minimum absolute atomic E-state index is 0. The molecule has 1 fully saturated rings. The highest BCUT2D eigenvalue weighted by Gasteiger charge is 2.20. The standard InChI is InChI=1S/C15H24N4O2.2ClH/c1-10-13(11(2)18-15(21)17-10)6-7-14(20)19-8-4-3-5-12(16)9-19;;/h12H,3-9,16H2,1-2H3,(H,17,18,21);2*1H. The van der Waals surface area contributed by atoms with Crippen LogP contribution in [0.25, 0.3) is 0 Å². The van der Waals surface area contributed by atoms with Gasteiger partial charge in [0, 0.05) is 36.9 Å². The van der Waals surface area contributed by atoms with E-state index in [1.807, 2.05) is 18.7 Å². The number of hydrogen-bond acceptors (Lipinski definition) is 4. The van der Waals surface area contributed by atoms with Gasteiger partial charge in [0.25, 0.3) is 0 Å². The summed E-state index contributed by atoms with van der Waals surface area (Å²) in [4.78, 5) is 32.1. The number of nitrogens with zero attached hydrogens (tertiary/aromatic N) is 2. The van der Waals surface area contributed by atoms with E-state index in [0.717, 1.165) is 37.1 Å². The molecule has 8 heteroatoms. The van der Waals surface area contributed by atoms with E-state index < -0.39 is 0 Å². The molecule has 0 radical (unpaired) electrons. The lowest BCUT2D eigenvalue weighted by atomic mass is 10.1. The van der Waals surface area contributed by atoms with E-state index in [9.17, 15) is 9.59 Å². The summed E-state index contributed by atoms with van der Waals surface area (Å²) in [6.45, 7) is 5.11. The summed E-state index contributed by atoms with van der Waals surface area (Å²) in [5.74, 6) is 0.136. The number of hydrogen-bond donors (Lipinski definition) is 2. The van der Waals surface area contributed by atoms with E-state index >= 15 is 0 Å². The van der Waals surface area contributed by atoms with Crippen molar-refractivity contribution in [2.75, 3.05) is 13.1 Å². The number of likely N-dealkylation sites (tertiary alicyclic amines) is 1. The molecule has 1 aliphatic heterocycles. The highest BCUT2D eigenvalue weighted by Crippen LogP contribution is 2.14. The molecule has 1 unspecified atom stereocenters. The molecule has 1 atom stereocenters. The van der Waals surface area contributed by atoms with Gasteiger partial charge in [-0.1, -0.05) is 6.42 Å². The molecule has 1 amide bonds. The molecule has 0 aromatic carbocycles. The number of H-pyrrole nitrogens is 1. The van der Waals surface area contributed by atoms with Gasteiger partial charge < -0.3 is 15.6 Å². The van der Waals surface area contributed by atoms with Crippen LogP contribution < -0.4 is 11.4 Å². The fourth-order valence-electron chi connectivity index (χ4n) is 2.91. The number of aryl methyl sites for hydroxylation is 2. The number of amides is 1. The number of nitrogens with one attached hydrogen (secondary N) is 1. The second-order valence-electron chi connectivity index (χ2n) is 5.83. The molecule has 1 aromatic heterocycles. The molecule has 23 heavy (non-hydrogen) atoms. The number of nitrogens with two attached hydrogens (primary N) is 1. The Bertz CT molecular complexity index is 551. The first kappa shape index (κ1) is 21.9. The van der Waals surface area contributed by atoms with Crippen LogP contribution in [0.4, 0.5) is 0 Å². The van der Waals surface area contributed by atoms with Crippen molar-refractivity contribution in [3.8, 4) is 0 Å². The molecule has 0 bridgehead atoms. The van der Waals surface area contributed by atoms with Crippen LogP contribution in [0, 0.1) is 13.8 Å². The van der Waals surface area contributed by atoms with Crippen molar-refractivity contribution in [2.45, 2.75) is 52.0 Å². The van der Waals surface area contributed by atoms with Gasteiger partial charge in [-0.25, -0.2) is 4.79 Å². The minimum atomic E-state index is -0.335. The monoisotopic (exact) mass is 364 g/mol. The molecule has 2 rings (SSSR count). The molecule has 0 aliphatic carbocycles. The number of carbonyl (C=O) groups is 1. The van der Waals surface area contributed by atoms with Crippen LogP contribution in [-0.4, -0.2) is 39.9 Å². The maximum atomic E-state index is 12.3. The topological polar surface area (TPSA) is 92.1 Å². The summed E-state index contributed by atoms with van der Waals surface area (Å²) in [6.07, 6.45) is 4.14. The van der Waals surface area contributed by atoms with E-state index in [0.29, 0.717) is 25.1 Å². The zero-order chi connectivity index (χ0) is 15.4. The zero-order valence-corrected chi connectivity index (χ0v) is 15.3. The molecular formula is C15H26Cl2N4O2. The van der Waals surface area contributed by atoms with Crippen LogP contribution in [-0.2, 0) is 11.2 Å². The number of aromatic amines is 1. The molecule has 3 N–H and O–H groups in total. The first-order chi connectivity index (χ1) is 9.97. The first-order valence-electron chi connectivity index (χ1n) is 7.57. The third kappa shape index (κ3) is 6.12. The van der Waals surface area contributed by atoms with Gasteiger partial charge in [-0.15, -0.1) is 24.8 Å². The second kappa shape index (κ2) is 9.90. The molecule has 2 heterocycles. The predicted molar refractivity (Wildman–Crippen MR) is 95.6 cm³/mol. The molecular weight excluding hydrogens is 339 g/mol. The summed E-state index contributed by atoms with van der Waals surface area (Å²) in [6, 6.07) is 0.0923. The third-order valence-corrected chi connectivity index (χ3v) is 4.10. The van der Waals surface area contributed by atoms with Gasteiger partial charge in [-0.3, -0.25) is 4.79 Å². The average Bonchev–Trinajstić information content (AvgIpc) is 2.62. The van der Waals surface area contributed by atoms with Crippen LogP contribution in [0.15, 0.2) is 4.79 Å². The highest BCUT2D eigenvalue weighted by atomic mass is 35.5. The van der Waals surface area contributed by atoms with E-state index in [2.05, 4.69) is 9.97 Å². The first-order valence-corrected chi connectivity index (χ1v) is 7.57. The second-order valence-corrected chi connectivity index (χ2v) is 5.83. The van der Waals surface area contributed by atoms with Gasteiger partial charge in [0.15, 0.2) is 0 Å².